The largest absolute Gasteiger partial charge is 0.493 e. The first-order valence-electron chi connectivity index (χ1n) is 18.1. The fourth-order valence-corrected chi connectivity index (χ4v) is 6.86. The second-order valence-electron chi connectivity index (χ2n) is 13.7. The first-order valence-corrected chi connectivity index (χ1v) is 18.1. The Morgan fingerprint density at radius 2 is 1.79 bits per heavy atom. The molecule has 0 saturated carbocycles. The molecule has 3 atom stereocenters. The van der Waals surface area contributed by atoms with E-state index in [-0.39, 0.29) is 23.1 Å². The number of dihydropyridines is 2. The zero-order chi connectivity index (χ0) is 36.7. The molecule has 53 heavy (non-hydrogen) atoms. The third-order valence-corrected chi connectivity index (χ3v) is 9.89. The number of hydrogen-bond donors (Lipinski definition) is 4. The average Bonchev–Trinajstić information content (AvgIpc) is 3.19. The zero-order valence-corrected chi connectivity index (χ0v) is 30.1. The number of nitrogens with zero attached hydrogens (tertiary/aromatic N) is 1. The van der Waals surface area contributed by atoms with Crippen molar-refractivity contribution in [2.75, 3.05) is 52.1 Å². The number of pyridine rings is 1. The lowest BCUT2D eigenvalue weighted by Crippen LogP contribution is -2.36. The van der Waals surface area contributed by atoms with Gasteiger partial charge in [-0.25, -0.2) is 0 Å². The summed E-state index contributed by atoms with van der Waals surface area (Å²) >= 11 is 0. The van der Waals surface area contributed by atoms with Gasteiger partial charge in [-0.2, -0.15) is 0 Å². The van der Waals surface area contributed by atoms with Gasteiger partial charge in [0.25, 0.3) is 5.91 Å². The number of amides is 1. The van der Waals surface area contributed by atoms with E-state index < -0.39 is 12.1 Å². The first-order chi connectivity index (χ1) is 25.8. The molecule has 2 fully saturated rings. The quantitative estimate of drug-likeness (QED) is 0.219. The summed E-state index contributed by atoms with van der Waals surface area (Å²) in [6.45, 7) is 6.15. The molecule has 5 N–H and O–H groups in total. The van der Waals surface area contributed by atoms with Crippen LogP contribution in [0.2, 0.25) is 0 Å². The summed E-state index contributed by atoms with van der Waals surface area (Å²) in [7, 11) is 1.61. The van der Waals surface area contributed by atoms with Gasteiger partial charge in [-0.1, -0.05) is 30.4 Å². The minimum atomic E-state index is -0.460. The monoisotopic (exact) mass is 721 g/mol. The van der Waals surface area contributed by atoms with E-state index in [0.29, 0.717) is 61.6 Å². The number of ether oxygens (including phenoxy) is 5. The van der Waals surface area contributed by atoms with Gasteiger partial charge in [-0.15, -0.1) is 0 Å². The van der Waals surface area contributed by atoms with Crippen LogP contribution in [0.15, 0.2) is 95.9 Å². The van der Waals surface area contributed by atoms with Crippen molar-refractivity contribution in [1.82, 2.24) is 15.2 Å². The highest BCUT2D eigenvalue weighted by molar-refractivity contribution is 6.04. The summed E-state index contributed by atoms with van der Waals surface area (Å²) in [6, 6.07) is 12.9. The lowest BCUT2D eigenvalue weighted by molar-refractivity contribution is -0.101. The SMILES string of the molecule is COc1cc(C2=CNC(N)C(c3ccc(NC(=O)c4cn(CC5CCOCC5)cc(C5C=CC(C)=CN5)c4=O)cc3)=C2)ccc1OCC1COCCO1. The molecule has 12 nitrogen and oxygen atoms in total. The van der Waals surface area contributed by atoms with Crippen LogP contribution in [0, 0.1) is 5.92 Å². The molecule has 5 heterocycles. The van der Waals surface area contributed by atoms with Gasteiger partial charge in [0.2, 0.25) is 0 Å². The molecule has 1 aromatic heterocycles. The molecule has 4 aliphatic heterocycles. The van der Waals surface area contributed by atoms with Gasteiger partial charge in [0.1, 0.15) is 24.4 Å². The van der Waals surface area contributed by atoms with Crippen LogP contribution in [0.4, 0.5) is 5.69 Å². The average molecular weight is 722 g/mol. The minimum Gasteiger partial charge on any atom is -0.493 e. The highest BCUT2D eigenvalue weighted by Gasteiger charge is 2.23. The van der Waals surface area contributed by atoms with Crippen molar-refractivity contribution in [2.24, 2.45) is 11.7 Å². The van der Waals surface area contributed by atoms with E-state index in [4.69, 9.17) is 29.4 Å². The molecule has 1 amide bonds. The molecular formula is C41H47N5O7. The topological polar surface area (TPSA) is 147 Å². The summed E-state index contributed by atoms with van der Waals surface area (Å²) in [5.41, 5.74) is 12.0. The van der Waals surface area contributed by atoms with E-state index in [1.165, 1.54) is 0 Å². The molecule has 3 unspecified atom stereocenters. The van der Waals surface area contributed by atoms with Crippen molar-refractivity contribution >= 4 is 22.7 Å². The predicted octanol–water partition coefficient (Wildman–Crippen LogP) is 4.75. The van der Waals surface area contributed by atoms with Gasteiger partial charge in [0.15, 0.2) is 16.9 Å². The van der Waals surface area contributed by atoms with Gasteiger partial charge >= 0.3 is 0 Å². The van der Waals surface area contributed by atoms with Gasteiger partial charge in [0, 0.05) is 55.8 Å². The summed E-state index contributed by atoms with van der Waals surface area (Å²) < 4.78 is 30.4. The zero-order valence-electron chi connectivity index (χ0n) is 30.1. The Labute approximate surface area is 309 Å². The number of allylic oxidation sites excluding steroid dienone is 4. The molecule has 0 radical (unpaired) electrons. The smallest absolute Gasteiger partial charge is 0.261 e. The van der Waals surface area contributed by atoms with Crippen LogP contribution in [0.3, 0.4) is 0 Å². The Kier molecular flexibility index (Phi) is 11.4. The lowest BCUT2D eigenvalue weighted by atomic mass is 9.95. The number of hydrogen-bond acceptors (Lipinski definition) is 10. The van der Waals surface area contributed by atoms with Crippen molar-refractivity contribution in [2.45, 2.75) is 44.6 Å². The molecule has 0 spiro atoms. The summed E-state index contributed by atoms with van der Waals surface area (Å²) in [6.07, 6.45) is 14.6. The highest BCUT2D eigenvalue weighted by atomic mass is 16.6. The second kappa shape index (κ2) is 16.7. The van der Waals surface area contributed by atoms with Crippen molar-refractivity contribution < 1.29 is 28.5 Å². The fourth-order valence-electron chi connectivity index (χ4n) is 6.86. The first kappa shape index (κ1) is 36.2. The Bertz CT molecular complexity index is 1970. The van der Waals surface area contributed by atoms with E-state index in [2.05, 4.69) is 16.0 Å². The molecule has 4 aliphatic rings. The fraction of sp³-hybridized carbons (Fsp3) is 0.366. The van der Waals surface area contributed by atoms with Crippen molar-refractivity contribution in [3.63, 3.8) is 0 Å². The van der Waals surface area contributed by atoms with Crippen LogP contribution in [0.1, 0.15) is 52.9 Å². The number of methoxy groups -OCH3 is 1. The van der Waals surface area contributed by atoms with Crippen LogP contribution in [-0.2, 0) is 20.8 Å². The van der Waals surface area contributed by atoms with Crippen LogP contribution in [-0.4, -0.2) is 69.5 Å². The van der Waals surface area contributed by atoms with E-state index >= 15 is 0 Å². The molecule has 7 rings (SSSR count). The van der Waals surface area contributed by atoms with Crippen LogP contribution in [0.25, 0.3) is 11.1 Å². The molecule has 2 aromatic carbocycles. The van der Waals surface area contributed by atoms with Gasteiger partial charge in [-0.3, -0.25) is 9.59 Å². The standard InChI is InChI=1S/C41H47N5O7/c1-26-3-9-36(43-19-26)34-22-46(21-27-11-13-50-14-12-27)23-35(39(34)47)41(48)45-31-7-4-28(5-8-31)33-17-30(20-44-40(33)42)29-6-10-37(38(18-29)49-2)53-25-32-24-51-15-16-52-32/h3-10,17-20,22-23,27,32,36,40,43-44H,11-16,21,24-25,42H2,1-2H3,(H,45,48). The summed E-state index contributed by atoms with van der Waals surface area (Å²) in [5, 5.41) is 9.51. The number of aromatic nitrogens is 1. The number of carbonyl (C=O) groups excluding carboxylic acids is 1. The normalized spacial score (nSPS) is 21.7. The maximum Gasteiger partial charge on any atom is 0.261 e. The minimum absolute atomic E-state index is 0.0966. The predicted molar refractivity (Wildman–Crippen MR) is 204 cm³/mol. The molecular weight excluding hydrogens is 674 g/mol. The highest BCUT2D eigenvalue weighted by Crippen LogP contribution is 2.34. The second-order valence-corrected chi connectivity index (χ2v) is 13.7. The van der Waals surface area contributed by atoms with E-state index in [1.54, 1.807) is 13.3 Å². The Hall–Kier alpha value is -5.14. The van der Waals surface area contributed by atoms with E-state index in [9.17, 15) is 9.59 Å². The van der Waals surface area contributed by atoms with Crippen molar-refractivity contribution in [3.05, 3.63) is 124 Å². The van der Waals surface area contributed by atoms with Crippen molar-refractivity contribution in [1.29, 1.82) is 0 Å². The Morgan fingerprint density at radius 1 is 0.981 bits per heavy atom. The number of nitrogens with two attached hydrogens (primary N) is 1. The van der Waals surface area contributed by atoms with E-state index in [1.807, 2.05) is 90.8 Å². The number of carbonyl (C=O) groups is 1. The third-order valence-electron chi connectivity index (χ3n) is 9.89. The molecule has 2 saturated heterocycles. The van der Waals surface area contributed by atoms with Crippen LogP contribution < -0.4 is 36.6 Å². The molecule has 278 valence electrons. The molecule has 3 aromatic rings. The maximum atomic E-state index is 13.8. The summed E-state index contributed by atoms with van der Waals surface area (Å²) in [5.74, 6) is 1.17. The van der Waals surface area contributed by atoms with Crippen LogP contribution in [0.5, 0.6) is 11.5 Å². The van der Waals surface area contributed by atoms with E-state index in [0.717, 1.165) is 53.9 Å². The molecule has 0 aliphatic carbocycles. The lowest BCUT2D eigenvalue weighted by Gasteiger charge is -2.25. The molecule has 12 heteroatoms. The number of benzene rings is 2. The Balaban J connectivity index is 1.07. The van der Waals surface area contributed by atoms with Crippen LogP contribution >= 0.6 is 0 Å². The Morgan fingerprint density at radius 3 is 2.53 bits per heavy atom. The maximum absolute atomic E-state index is 13.8. The number of nitrogens with one attached hydrogen (secondary N) is 3. The van der Waals surface area contributed by atoms with Crippen molar-refractivity contribution in [3.8, 4) is 11.5 Å². The van der Waals surface area contributed by atoms with Gasteiger partial charge in [0.05, 0.1) is 33.0 Å². The molecule has 0 bridgehead atoms. The number of rotatable bonds is 11. The van der Waals surface area contributed by atoms with Gasteiger partial charge < -0.3 is 49.9 Å². The third kappa shape index (κ3) is 8.74. The summed E-state index contributed by atoms with van der Waals surface area (Å²) in [4.78, 5) is 27.5. The number of anilines is 1. The van der Waals surface area contributed by atoms with Gasteiger partial charge in [-0.05, 0) is 83.9 Å².